The number of alkyl halides is 1. The SMILES string of the molecule is CC(=O)NS(=O)(=O)CC(=O)NS(=O)(=O)CF. The summed E-state index contributed by atoms with van der Waals surface area (Å²) in [5.74, 6) is -3.67. The summed E-state index contributed by atoms with van der Waals surface area (Å²) in [5, 5.41) is 0. The third kappa shape index (κ3) is 6.29. The zero-order valence-corrected chi connectivity index (χ0v) is 9.69. The second-order valence-electron chi connectivity index (χ2n) is 2.67. The molecule has 2 amide bonds. The third-order valence-corrected chi connectivity index (χ3v) is 3.10. The van der Waals surface area contributed by atoms with E-state index in [1.807, 2.05) is 0 Å². The standard InChI is InChI=1S/C5H9FN2O6S2/c1-4(9)7-15(11,12)2-5(10)8-16(13,14)3-6/h2-3H2,1H3,(H,7,9)(H,8,10). The van der Waals surface area contributed by atoms with Crippen molar-refractivity contribution in [2.75, 3.05) is 11.8 Å². The van der Waals surface area contributed by atoms with Gasteiger partial charge in [0.15, 0.2) is 0 Å². The van der Waals surface area contributed by atoms with Crippen LogP contribution in [0.3, 0.4) is 0 Å². The summed E-state index contributed by atoms with van der Waals surface area (Å²) in [4.78, 5) is 21.2. The Hall–Kier alpha value is -1.23. The van der Waals surface area contributed by atoms with E-state index in [0.29, 0.717) is 0 Å². The van der Waals surface area contributed by atoms with Crippen molar-refractivity contribution in [3.63, 3.8) is 0 Å². The van der Waals surface area contributed by atoms with Crippen molar-refractivity contribution >= 4 is 31.9 Å². The Bertz CT molecular complexity index is 481. The van der Waals surface area contributed by atoms with Crippen LogP contribution in [0, 0.1) is 0 Å². The highest BCUT2D eigenvalue weighted by atomic mass is 32.2. The van der Waals surface area contributed by atoms with Crippen LogP contribution in [0.1, 0.15) is 6.92 Å². The molecule has 0 saturated heterocycles. The molecule has 0 aliphatic rings. The summed E-state index contributed by atoms with van der Waals surface area (Å²) in [7, 11) is -8.72. The second kappa shape index (κ2) is 5.21. The van der Waals surface area contributed by atoms with Gasteiger partial charge in [0.25, 0.3) is 15.9 Å². The first kappa shape index (κ1) is 14.8. The summed E-state index contributed by atoms with van der Waals surface area (Å²) < 4.78 is 57.3. The molecule has 0 bridgehead atoms. The monoisotopic (exact) mass is 276 g/mol. The Morgan fingerprint density at radius 1 is 1.06 bits per heavy atom. The first-order chi connectivity index (χ1) is 7.08. The molecule has 0 spiro atoms. The Kier molecular flexibility index (Phi) is 4.81. The van der Waals surface area contributed by atoms with E-state index in [2.05, 4.69) is 0 Å². The normalized spacial score (nSPS) is 11.9. The number of sulfonamides is 2. The van der Waals surface area contributed by atoms with Crippen molar-refractivity contribution in [3.05, 3.63) is 0 Å². The van der Waals surface area contributed by atoms with Gasteiger partial charge in [-0.3, -0.25) is 14.3 Å². The van der Waals surface area contributed by atoms with Crippen LogP contribution in [0.5, 0.6) is 0 Å². The lowest BCUT2D eigenvalue weighted by Gasteiger charge is -2.05. The quantitative estimate of drug-likeness (QED) is 0.588. The summed E-state index contributed by atoms with van der Waals surface area (Å²) in [6.07, 6.45) is 0. The van der Waals surface area contributed by atoms with Crippen molar-refractivity contribution < 1.29 is 30.8 Å². The first-order valence-electron chi connectivity index (χ1n) is 3.68. The lowest BCUT2D eigenvalue weighted by molar-refractivity contribution is -0.117. The maximum Gasteiger partial charge on any atom is 0.264 e. The van der Waals surface area contributed by atoms with Crippen LogP contribution in [0.4, 0.5) is 4.39 Å². The number of amides is 2. The average molecular weight is 276 g/mol. The van der Waals surface area contributed by atoms with Crippen molar-refractivity contribution in [1.82, 2.24) is 9.44 Å². The molecule has 0 atom stereocenters. The van der Waals surface area contributed by atoms with E-state index < -0.39 is 43.6 Å². The number of rotatable bonds is 5. The minimum Gasteiger partial charge on any atom is -0.274 e. The van der Waals surface area contributed by atoms with Crippen LogP contribution < -0.4 is 9.44 Å². The molecule has 11 heteroatoms. The molecule has 0 aromatic heterocycles. The Balaban J connectivity index is 4.54. The maximum absolute atomic E-state index is 11.8. The van der Waals surface area contributed by atoms with E-state index in [4.69, 9.17) is 0 Å². The van der Waals surface area contributed by atoms with Gasteiger partial charge >= 0.3 is 0 Å². The lowest BCUT2D eigenvalue weighted by Crippen LogP contribution is -2.40. The fourth-order valence-electron chi connectivity index (χ4n) is 0.658. The predicted octanol–water partition coefficient (Wildman–Crippen LogP) is -2.17. The zero-order valence-electron chi connectivity index (χ0n) is 8.06. The fourth-order valence-corrected chi connectivity index (χ4v) is 2.15. The summed E-state index contributed by atoms with van der Waals surface area (Å²) in [5.41, 5.74) is 0. The summed E-state index contributed by atoms with van der Waals surface area (Å²) >= 11 is 0. The van der Waals surface area contributed by atoms with Gasteiger partial charge in [-0.1, -0.05) is 0 Å². The first-order valence-corrected chi connectivity index (χ1v) is 6.99. The molecule has 0 radical (unpaired) electrons. The molecule has 0 unspecified atom stereocenters. The van der Waals surface area contributed by atoms with Crippen LogP contribution in [0.2, 0.25) is 0 Å². The minimum absolute atomic E-state index is 0.897. The number of hydrogen-bond acceptors (Lipinski definition) is 6. The third-order valence-electron chi connectivity index (χ3n) is 1.03. The van der Waals surface area contributed by atoms with E-state index >= 15 is 0 Å². The van der Waals surface area contributed by atoms with Gasteiger partial charge in [0.2, 0.25) is 21.9 Å². The molecule has 0 aromatic carbocycles. The van der Waals surface area contributed by atoms with Crippen LogP contribution in [-0.2, 0) is 29.6 Å². The highest BCUT2D eigenvalue weighted by Crippen LogP contribution is 1.89. The van der Waals surface area contributed by atoms with E-state index in [1.165, 1.54) is 4.72 Å². The Morgan fingerprint density at radius 2 is 1.56 bits per heavy atom. The Morgan fingerprint density at radius 3 is 1.94 bits per heavy atom. The van der Waals surface area contributed by atoms with Gasteiger partial charge in [-0.2, -0.15) is 0 Å². The van der Waals surface area contributed by atoms with E-state index in [1.54, 1.807) is 0 Å². The lowest BCUT2D eigenvalue weighted by atomic mass is 10.8. The van der Waals surface area contributed by atoms with Gasteiger partial charge in [-0.15, -0.1) is 0 Å². The Labute approximate surface area is 91.3 Å². The fraction of sp³-hybridized carbons (Fsp3) is 0.600. The smallest absolute Gasteiger partial charge is 0.264 e. The number of nitrogens with one attached hydrogen (secondary N) is 2. The molecule has 0 fully saturated rings. The molecule has 8 nitrogen and oxygen atoms in total. The molecule has 0 aliphatic carbocycles. The van der Waals surface area contributed by atoms with E-state index in [9.17, 15) is 30.8 Å². The molecule has 2 N–H and O–H groups in total. The number of halogens is 1. The number of hydrogen-bond donors (Lipinski definition) is 2. The van der Waals surface area contributed by atoms with Crippen LogP contribution in [0.15, 0.2) is 0 Å². The van der Waals surface area contributed by atoms with Gasteiger partial charge in [-0.05, 0) is 0 Å². The molecule has 94 valence electrons. The van der Waals surface area contributed by atoms with Gasteiger partial charge in [0.05, 0.1) is 0 Å². The molecule has 0 rings (SSSR count). The highest BCUT2D eigenvalue weighted by molar-refractivity contribution is 7.91. The molecule has 0 heterocycles. The molecule has 16 heavy (non-hydrogen) atoms. The molecule has 0 saturated carbocycles. The summed E-state index contributed by atoms with van der Waals surface area (Å²) in [6.45, 7) is 0.897. The van der Waals surface area contributed by atoms with Gasteiger partial charge < -0.3 is 0 Å². The van der Waals surface area contributed by atoms with Gasteiger partial charge in [0, 0.05) is 6.92 Å². The highest BCUT2D eigenvalue weighted by Gasteiger charge is 2.21. The number of carbonyl (C=O) groups is 2. The number of carbonyl (C=O) groups excluding carboxylic acids is 2. The van der Waals surface area contributed by atoms with Gasteiger partial charge in [-0.25, -0.2) is 25.9 Å². The van der Waals surface area contributed by atoms with E-state index in [-0.39, 0.29) is 0 Å². The van der Waals surface area contributed by atoms with Crippen molar-refractivity contribution in [2.45, 2.75) is 6.92 Å². The predicted molar refractivity (Wildman–Crippen MR) is 50.6 cm³/mol. The topological polar surface area (TPSA) is 126 Å². The van der Waals surface area contributed by atoms with Crippen LogP contribution in [0.25, 0.3) is 0 Å². The maximum atomic E-state index is 11.8. The van der Waals surface area contributed by atoms with Gasteiger partial charge in [0.1, 0.15) is 5.75 Å². The molecular weight excluding hydrogens is 267 g/mol. The minimum atomic E-state index is -4.46. The van der Waals surface area contributed by atoms with Crippen molar-refractivity contribution in [2.24, 2.45) is 0 Å². The zero-order chi connectivity index (χ0) is 13.0. The van der Waals surface area contributed by atoms with E-state index in [0.717, 1.165) is 11.6 Å². The van der Waals surface area contributed by atoms with Crippen molar-refractivity contribution in [3.8, 4) is 0 Å². The molecule has 0 aliphatic heterocycles. The van der Waals surface area contributed by atoms with Crippen LogP contribution in [-0.4, -0.2) is 40.4 Å². The molecule has 0 aromatic rings. The largest absolute Gasteiger partial charge is 0.274 e. The molecular formula is C5H9FN2O6S2. The second-order valence-corrected chi connectivity index (χ2v) is 6.04. The summed E-state index contributed by atoms with van der Waals surface area (Å²) in [6, 6.07) is -1.85. The average Bonchev–Trinajstić information content (AvgIpc) is 1.98. The van der Waals surface area contributed by atoms with Crippen molar-refractivity contribution in [1.29, 1.82) is 0 Å². The van der Waals surface area contributed by atoms with Crippen LogP contribution >= 0.6 is 0 Å².